The molecule has 1 aliphatic rings. The summed E-state index contributed by atoms with van der Waals surface area (Å²) in [5.74, 6) is -0.309. The minimum atomic E-state index is -0.505. The topological polar surface area (TPSA) is 58.6 Å². The van der Waals surface area contributed by atoms with Crippen LogP contribution in [-0.4, -0.2) is 18.4 Å². The predicted octanol–water partition coefficient (Wildman–Crippen LogP) is 5.85. The lowest BCUT2D eigenvalue weighted by atomic mass is 10.2. The molecule has 0 bridgehead atoms. The number of rotatable bonds is 6. The van der Waals surface area contributed by atoms with Gasteiger partial charge in [0.15, 0.2) is 0 Å². The summed E-state index contributed by atoms with van der Waals surface area (Å²) in [5.41, 5.74) is 1.33. The molecule has 30 heavy (non-hydrogen) atoms. The number of carbonyl (C=O) groups excluding carboxylic acids is 2. The number of anilines is 2. The van der Waals surface area contributed by atoms with Crippen LogP contribution in [0.5, 0.6) is 5.75 Å². The van der Waals surface area contributed by atoms with Crippen molar-refractivity contribution in [1.29, 1.82) is 0 Å². The lowest BCUT2D eigenvalue weighted by Gasteiger charge is -2.17. The summed E-state index contributed by atoms with van der Waals surface area (Å²) in [6.07, 6.45) is 0. The highest BCUT2D eigenvalue weighted by Crippen LogP contribution is 2.40. The normalized spacial score (nSPS) is 13.9. The second-order valence-corrected chi connectivity index (χ2v) is 8.06. The molecule has 8 heteroatoms. The first-order valence-electron chi connectivity index (χ1n) is 9.12. The number of ether oxygens (including phenoxy) is 1. The van der Waals surface area contributed by atoms with Crippen LogP contribution in [0, 0.1) is 0 Å². The Labute approximate surface area is 187 Å². The van der Waals surface area contributed by atoms with E-state index in [1.54, 1.807) is 36.4 Å². The highest BCUT2D eigenvalue weighted by molar-refractivity contribution is 7.11. The molecule has 0 unspecified atom stereocenters. The van der Waals surface area contributed by atoms with Crippen LogP contribution in [0.4, 0.5) is 11.4 Å². The van der Waals surface area contributed by atoms with E-state index in [4.69, 9.17) is 27.9 Å². The number of hydrogen-bond donors (Lipinski definition) is 1. The number of hydrogen-bond acceptors (Lipinski definition) is 5. The Hall–Kier alpha value is -2.80. The molecule has 2 amide bonds. The van der Waals surface area contributed by atoms with Crippen LogP contribution in [0.2, 0.25) is 10.0 Å². The number of nitrogens with one attached hydrogen (secondary N) is 1. The van der Waals surface area contributed by atoms with E-state index in [1.165, 1.54) is 11.3 Å². The first-order valence-corrected chi connectivity index (χ1v) is 10.8. The Bertz CT molecular complexity index is 1160. The van der Waals surface area contributed by atoms with Crippen molar-refractivity contribution >= 4 is 63.3 Å². The van der Waals surface area contributed by atoms with E-state index in [0.717, 1.165) is 4.90 Å². The third kappa shape index (κ3) is 3.69. The molecule has 0 aliphatic carbocycles. The van der Waals surface area contributed by atoms with Gasteiger partial charge >= 0.3 is 0 Å². The fourth-order valence-corrected chi connectivity index (χ4v) is 4.30. The van der Waals surface area contributed by atoms with Gasteiger partial charge < -0.3 is 10.1 Å². The van der Waals surface area contributed by atoms with Gasteiger partial charge in [-0.3, -0.25) is 9.59 Å². The lowest BCUT2D eigenvalue weighted by molar-refractivity contribution is -0.120. The summed E-state index contributed by atoms with van der Waals surface area (Å²) >= 11 is 13.8. The number of benzene rings is 2. The second kappa shape index (κ2) is 8.52. The maximum atomic E-state index is 13.4. The highest BCUT2D eigenvalue weighted by Gasteiger charge is 2.41. The number of imide groups is 1. The summed E-state index contributed by atoms with van der Waals surface area (Å²) < 4.78 is 5.53. The molecule has 0 saturated heterocycles. The van der Waals surface area contributed by atoms with Gasteiger partial charge in [0.1, 0.15) is 11.4 Å². The van der Waals surface area contributed by atoms with Crippen molar-refractivity contribution in [3.8, 4) is 5.75 Å². The molecule has 5 nitrogen and oxygen atoms in total. The van der Waals surface area contributed by atoms with E-state index >= 15 is 0 Å². The predicted molar refractivity (Wildman–Crippen MR) is 121 cm³/mol. The van der Waals surface area contributed by atoms with E-state index in [9.17, 15) is 9.59 Å². The van der Waals surface area contributed by atoms with Crippen LogP contribution >= 0.6 is 34.5 Å². The Balaban J connectivity index is 1.79. The highest BCUT2D eigenvalue weighted by atomic mass is 35.5. The van der Waals surface area contributed by atoms with Crippen molar-refractivity contribution in [1.82, 2.24) is 0 Å². The van der Waals surface area contributed by atoms with Gasteiger partial charge in [-0.25, -0.2) is 4.90 Å². The summed E-state index contributed by atoms with van der Waals surface area (Å²) in [4.78, 5) is 28.4. The van der Waals surface area contributed by atoms with Crippen molar-refractivity contribution in [2.45, 2.75) is 6.92 Å². The smallest absolute Gasteiger partial charge is 0.282 e. The lowest BCUT2D eigenvalue weighted by Crippen LogP contribution is -2.32. The zero-order chi connectivity index (χ0) is 21.3. The minimum absolute atomic E-state index is 0.144. The first-order chi connectivity index (χ1) is 14.5. The molecule has 1 N–H and O–H groups in total. The van der Waals surface area contributed by atoms with E-state index in [0.29, 0.717) is 22.9 Å². The Morgan fingerprint density at radius 2 is 1.83 bits per heavy atom. The zero-order valence-corrected chi connectivity index (χ0v) is 18.1. The van der Waals surface area contributed by atoms with Gasteiger partial charge in [-0.2, -0.15) is 0 Å². The summed E-state index contributed by atoms with van der Waals surface area (Å²) in [7, 11) is 0. The zero-order valence-electron chi connectivity index (χ0n) is 15.8. The third-order valence-corrected chi connectivity index (χ3v) is 6.13. The number of thiophene rings is 1. The molecule has 0 fully saturated rings. The molecule has 152 valence electrons. The minimum Gasteiger partial charge on any atom is -0.494 e. The second-order valence-electron chi connectivity index (χ2n) is 6.33. The first kappa shape index (κ1) is 20.5. The third-order valence-electron chi connectivity index (χ3n) is 4.44. The average Bonchev–Trinajstić information content (AvgIpc) is 3.32. The van der Waals surface area contributed by atoms with Crippen LogP contribution in [0.3, 0.4) is 0 Å². The standard InChI is InChI=1S/C22H16Cl2N2O3S/c1-2-29-14-7-3-6-13(12-14)25-20-18(17-10-5-11-30-17)21(27)26(22(20)28)16-9-4-8-15(23)19(16)24/h3-12,25H,2H2,1H3. The van der Waals surface area contributed by atoms with E-state index in [2.05, 4.69) is 5.32 Å². The maximum absolute atomic E-state index is 13.4. The van der Waals surface area contributed by atoms with E-state index in [-0.39, 0.29) is 27.0 Å². The molecule has 0 saturated carbocycles. The van der Waals surface area contributed by atoms with Gasteiger partial charge in [0.05, 0.1) is 27.9 Å². The molecule has 4 rings (SSSR count). The van der Waals surface area contributed by atoms with Crippen molar-refractivity contribution < 1.29 is 14.3 Å². The largest absolute Gasteiger partial charge is 0.494 e. The molecule has 2 heterocycles. The molecule has 0 spiro atoms. The van der Waals surface area contributed by atoms with Gasteiger partial charge in [0, 0.05) is 16.6 Å². The van der Waals surface area contributed by atoms with Gasteiger partial charge in [-0.05, 0) is 42.6 Å². The summed E-state index contributed by atoms with van der Waals surface area (Å²) in [6, 6.07) is 15.7. The number of halogens is 2. The summed E-state index contributed by atoms with van der Waals surface area (Å²) in [5, 5.41) is 5.37. The average molecular weight is 459 g/mol. The molecular formula is C22H16Cl2N2O3S. The van der Waals surface area contributed by atoms with Gasteiger partial charge in [-0.1, -0.05) is 41.4 Å². The molecule has 0 atom stereocenters. The van der Waals surface area contributed by atoms with Crippen LogP contribution in [-0.2, 0) is 9.59 Å². The maximum Gasteiger partial charge on any atom is 0.282 e. The molecule has 0 radical (unpaired) electrons. The van der Waals surface area contributed by atoms with E-state index in [1.807, 2.05) is 30.5 Å². The van der Waals surface area contributed by atoms with Crippen molar-refractivity contribution in [2.24, 2.45) is 0 Å². The van der Waals surface area contributed by atoms with Crippen LogP contribution in [0.15, 0.2) is 65.7 Å². The molecule has 2 aromatic carbocycles. The molecular weight excluding hydrogens is 443 g/mol. The quantitative estimate of drug-likeness (QED) is 0.470. The van der Waals surface area contributed by atoms with Crippen LogP contribution in [0.1, 0.15) is 11.8 Å². The Kier molecular flexibility index (Phi) is 5.81. The Morgan fingerprint density at radius 3 is 2.57 bits per heavy atom. The fraction of sp³-hybridized carbons (Fsp3) is 0.0909. The van der Waals surface area contributed by atoms with Crippen LogP contribution in [0.25, 0.3) is 5.57 Å². The molecule has 1 aliphatic heterocycles. The summed E-state index contributed by atoms with van der Waals surface area (Å²) in [6.45, 7) is 2.41. The molecule has 1 aromatic heterocycles. The fourth-order valence-electron chi connectivity index (χ4n) is 3.15. The van der Waals surface area contributed by atoms with Gasteiger partial charge in [-0.15, -0.1) is 11.3 Å². The number of nitrogens with zero attached hydrogens (tertiary/aromatic N) is 1. The SMILES string of the molecule is CCOc1cccc(NC2=C(c3cccs3)C(=O)N(c3cccc(Cl)c3Cl)C2=O)c1. The van der Waals surface area contributed by atoms with Crippen molar-refractivity contribution in [2.75, 3.05) is 16.8 Å². The number of amides is 2. The number of carbonyl (C=O) groups is 2. The van der Waals surface area contributed by atoms with E-state index < -0.39 is 11.8 Å². The van der Waals surface area contributed by atoms with Crippen LogP contribution < -0.4 is 15.0 Å². The van der Waals surface area contributed by atoms with Crippen molar-refractivity contribution in [3.05, 3.63) is 80.6 Å². The monoisotopic (exact) mass is 458 g/mol. The van der Waals surface area contributed by atoms with Gasteiger partial charge in [0.2, 0.25) is 0 Å². The van der Waals surface area contributed by atoms with Gasteiger partial charge in [0.25, 0.3) is 11.8 Å². The Morgan fingerprint density at radius 1 is 1.03 bits per heavy atom. The molecule has 3 aromatic rings. The van der Waals surface area contributed by atoms with Crippen molar-refractivity contribution in [3.63, 3.8) is 0 Å².